The molecule has 1 atom stereocenters. The van der Waals surface area contributed by atoms with Crippen LogP contribution in [0.2, 0.25) is 0 Å². The second kappa shape index (κ2) is 4.33. The lowest BCUT2D eigenvalue weighted by Crippen LogP contribution is -2.14. The normalized spacial score (nSPS) is 14.1. The Morgan fingerprint density at radius 3 is 2.07 bits per heavy atom. The number of nitrogens with two attached hydrogens (primary N) is 1. The van der Waals surface area contributed by atoms with Gasteiger partial charge < -0.3 is 5.73 Å². The topological polar surface area (TPSA) is 26.0 Å². The van der Waals surface area contributed by atoms with Gasteiger partial charge in [0.05, 0.1) is 0 Å². The largest absolute Gasteiger partial charge is 0.323 e. The molecular formula is C12H18ClN. The Balaban J connectivity index is 2.89. The fraction of sp³-hybridized carbons (Fsp3) is 0.500. The molecule has 0 bridgehead atoms. The van der Waals surface area contributed by atoms with E-state index in [1.807, 2.05) is 0 Å². The van der Waals surface area contributed by atoms with Crippen molar-refractivity contribution in [3.8, 4) is 0 Å². The minimum absolute atomic E-state index is 0.0503. The van der Waals surface area contributed by atoms with E-state index in [9.17, 15) is 0 Å². The molecule has 0 fully saturated rings. The number of rotatable bonds is 2. The molecule has 0 spiro atoms. The van der Waals surface area contributed by atoms with Gasteiger partial charge in [-0.3, -0.25) is 0 Å². The first-order valence-corrected chi connectivity index (χ1v) is 5.40. The van der Waals surface area contributed by atoms with E-state index in [0.29, 0.717) is 5.88 Å². The molecule has 1 aromatic carbocycles. The molecule has 1 nitrogen and oxygen atoms in total. The lowest BCUT2D eigenvalue weighted by Gasteiger charge is -2.19. The molecule has 0 aliphatic rings. The molecule has 1 aromatic rings. The molecule has 0 heterocycles. The van der Waals surface area contributed by atoms with Crippen molar-refractivity contribution in [2.24, 2.45) is 5.73 Å². The van der Waals surface area contributed by atoms with Gasteiger partial charge in [0.2, 0.25) is 0 Å². The van der Waals surface area contributed by atoms with E-state index in [0.717, 1.165) is 5.56 Å². The van der Waals surface area contributed by atoms with Crippen molar-refractivity contribution in [2.45, 2.75) is 32.2 Å². The Labute approximate surface area is 91.3 Å². The molecule has 14 heavy (non-hydrogen) atoms. The van der Waals surface area contributed by atoms with Crippen LogP contribution in [0.5, 0.6) is 0 Å². The molecule has 1 unspecified atom stereocenters. The summed E-state index contributed by atoms with van der Waals surface area (Å²) < 4.78 is 0. The highest BCUT2D eigenvalue weighted by Crippen LogP contribution is 2.23. The van der Waals surface area contributed by atoms with E-state index < -0.39 is 0 Å². The average Bonchev–Trinajstić information content (AvgIpc) is 2.15. The van der Waals surface area contributed by atoms with Crippen LogP contribution in [-0.4, -0.2) is 5.88 Å². The molecule has 0 aliphatic heterocycles. The molecule has 2 N–H and O–H groups in total. The predicted octanol–water partition coefficient (Wildman–Crippen LogP) is 3.22. The highest BCUT2D eigenvalue weighted by atomic mass is 35.5. The number of alkyl halides is 1. The first kappa shape index (κ1) is 11.5. The van der Waals surface area contributed by atoms with E-state index in [1.54, 1.807) is 0 Å². The minimum atomic E-state index is -0.0503. The first-order chi connectivity index (χ1) is 6.45. The Morgan fingerprint density at radius 1 is 1.21 bits per heavy atom. The third-order valence-electron chi connectivity index (χ3n) is 2.37. The molecule has 0 saturated carbocycles. The van der Waals surface area contributed by atoms with E-state index in [4.69, 9.17) is 17.3 Å². The Morgan fingerprint density at radius 2 is 1.71 bits per heavy atom. The lowest BCUT2D eigenvalue weighted by atomic mass is 9.86. The molecule has 2 heteroatoms. The maximum Gasteiger partial charge on any atom is 0.0432 e. The van der Waals surface area contributed by atoms with E-state index in [2.05, 4.69) is 45.0 Å². The van der Waals surface area contributed by atoms with Crippen molar-refractivity contribution in [3.05, 3.63) is 35.4 Å². The van der Waals surface area contributed by atoms with Crippen LogP contribution in [0.25, 0.3) is 0 Å². The Hall–Kier alpha value is -0.530. The van der Waals surface area contributed by atoms with Gasteiger partial charge >= 0.3 is 0 Å². The van der Waals surface area contributed by atoms with Gasteiger partial charge in [0.25, 0.3) is 0 Å². The zero-order chi connectivity index (χ0) is 10.8. The number of benzene rings is 1. The quantitative estimate of drug-likeness (QED) is 0.747. The van der Waals surface area contributed by atoms with Crippen LogP contribution in [0.4, 0.5) is 0 Å². The fourth-order valence-corrected chi connectivity index (χ4v) is 1.50. The third kappa shape index (κ3) is 2.73. The highest BCUT2D eigenvalue weighted by Gasteiger charge is 2.13. The summed E-state index contributed by atoms with van der Waals surface area (Å²) >= 11 is 5.69. The van der Waals surface area contributed by atoms with Gasteiger partial charge in [-0.25, -0.2) is 0 Å². The van der Waals surface area contributed by atoms with Gasteiger partial charge in [0.1, 0.15) is 0 Å². The van der Waals surface area contributed by atoms with Gasteiger partial charge in [-0.05, 0) is 16.5 Å². The smallest absolute Gasteiger partial charge is 0.0432 e. The summed E-state index contributed by atoms with van der Waals surface area (Å²) in [5, 5.41) is 0. The molecule has 0 aromatic heterocycles. The van der Waals surface area contributed by atoms with Crippen molar-refractivity contribution in [1.29, 1.82) is 0 Å². The van der Waals surface area contributed by atoms with Crippen LogP contribution < -0.4 is 5.73 Å². The van der Waals surface area contributed by atoms with Crippen molar-refractivity contribution >= 4 is 11.6 Å². The SMILES string of the molecule is CC(C)(C)c1ccc(C(N)CCl)cc1. The molecule has 0 aliphatic carbocycles. The Bertz CT molecular complexity index is 284. The Kier molecular flexibility index (Phi) is 3.57. The van der Waals surface area contributed by atoms with Gasteiger partial charge in [0.15, 0.2) is 0 Å². The van der Waals surface area contributed by atoms with Gasteiger partial charge in [-0.15, -0.1) is 11.6 Å². The number of hydrogen-bond donors (Lipinski definition) is 1. The van der Waals surface area contributed by atoms with E-state index >= 15 is 0 Å². The number of halogens is 1. The monoisotopic (exact) mass is 211 g/mol. The van der Waals surface area contributed by atoms with Crippen LogP contribution in [0.15, 0.2) is 24.3 Å². The number of hydrogen-bond acceptors (Lipinski definition) is 1. The third-order valence-corrected chi connectivity index (χ3v) is 2.70. The zero-order valence-corrected chi connectivity index (χ0v) is 9.81. The molecule has 0 radical (unpaired) electrons. The van der Waals surface area contributed by atoms with Crippen LogP contribution in [-0.2, 0) is 5.41 Å². The molecule has 78 valence electrons. The highest BCUT2D eigenvalue weighted by molar-refractivity contribution is 6.18. The predicted molar refractivity (Wildman–Crippen MR) is 62.8 cm³/mol. The van der Waals surface area contributed by atoms with Crippen LogP contribution in [0.1, 0.15) is 37.9 Å². The molecular weight excluding hydrogens is 194 g/mol. The van der Waals surface area contributed by atoms with Crippen molar-refractivity contribution < 1.29 is 0 Å². The summed E-state index contributed by atoms with van der Waals surface area (Å²) in [7, 11) is 0. The summed E-state index contributed by atoms with van der Waals surface area (Å²) in [5.74, 6) is 0.467. The molecule has 0 saturated heterocycles. The second-order valence-corrected chi connectivity index (χ2v) is 4.94. The van der Waals surface area contributed by atoms with Crippen LogP contribution >= 0.6 is 11.6 Å². The summed E-state index contributed by atoms with van der Waals surface area (Å²) in [6.07, 6.45) is 0. The summed E-state index contributed by atoms with van der Waals surface area (Å²) in [6.45, 7) is 6.59. The maximum atomic E-state index is 5.82. The molecule has 1 rings (SSSR count). The van der Waals surface area contributed by atoms with Crippen LogP contribution in [0.3, 0.4) is 0 Å². The summed E-state index contributed by atoms with van der Waals surface area (Å²) in [6, 6.07) is 8.33. The van der Waals surface area contributed by atoms with E-state index in [1.165, 1.54) is 5.56 Å². The fourth-order valence-electron chi connectivity index (χ4n) is 1.32. The van der Waals surface area contributed by atoms with Crippen molar-refractivity contribution in [2.75, 3.05) is 5.88 Å². The van der Waals surface area contributed by atoms with Gasteiger partial charge in [0, 0.05) is 11.9 Å². The van der Waals surface area contributed by atoms with Gasteiger partial charge in [-0.1, -0.05) is 45.0 Å². The van der Waals surface area contributed by atoms with Crippen molar-refractivity contribution in [3.63, 3.8) is 0 Å². The molecule has 0 amide bonds. The van der Waals surface area contributed by atoms with Crippen molar-refractivity contribution in [1.82, 2.24) is 0 Å². The second-order valence-electron chi connectivity index (χ2n) is 4.63. The van der Waals surface area contributed by atoms with Crippen LogP contribution in [0, 0.1) is 0 Å². The van der Waals surface area contributed by atoms with E-state index in [-0.39, 0.29) is 11.5 Å². The first-order valence-electron chi connectivity index (χ1n) is 4.87. The summed E-state index contributed by atoms with van der Waals surface area (Å²) in [5.41, 5.74) is 8.45. The zero-order valence-electron chi connectivity index (χ0n) is 9.05. The maximum absolute atomic E-state index is 5.82. The minimum Gasteiger partial charge on any atom is -0.323 e. The van der Waals surface area contributed by atoms with Gasteiger partial charge in [-0.2, -0.15) is 0 Å². The summed E-state index contributed by atoms with van der Waals surface area (Å²) in [4.78, 5) is 0. The standard InChI is InChI=1S/C12H18ClN/c1-12(2,3)10-6-4-9(5-7-10)11(14)8-13/h4-7,11H,8,14H2,1-3H3. The average molecular weight is 212 g/mol. The lowest BCUT2D eigenvalue weighted by molar-refractivity contribution is 0.589.